The van der Waals surface area contributed by atoms with Gasteiger partial charge in [0.05, 0.1) is 0 Å². The number of carbonyl (C=O) groups is 6. The molecule has 16 nitrogen and oxygen atoms in total. The van der Waals surface area contributed by atoms with Gasteiger partial charge in [0.2, 0.25) is 0 Å². The zero-order valence-electron chi connectivity index (χ0n) is 10.8. The van der Waals surface area contributed by atoms with Crippen molar-refractivity contribution >= 4 is 37.3 Å². The Balaban J connectivity index is -0.0000000353. The van der Waals surface area contributed by atoms with Gasteiger partial charge in [0, 0.05) is 0 Å². The average molecular weight is 335 g/mol. The van der Waals surface area contributed by atoms with E-state index in [9.17, 15) is 0 Å². The zero-order chi connectivity index (χ0) is 19.9. The largest absolute Gasteiger partial charge is 0.465 e. The maximum Gasteiger partial charge on any atom is 0.402 e. The number of primary amides is 5. The lowest BCUT2D eigenvalue weighted by Crippen LogP contribution is -2.03. The Hall–Kier alpha value is -3.98. The molecule has 0 aliphatic rings. The van der Waals surface area contributed by atoms with Gasteiger partial charge < -0.3 is 59.0 Å². The molecule has 0 aliphatic heterocycles. The van der Waals surface area contributed by atoms with E-state index in [4.69, 9.17) is 54.3 Å². The molecule has 132 valence electrons. The standard InChI is InChI=1S/5CH3NO2.CH2O/c5*2-1(3)4;1-2/h5*2H2,(H,3,4);1H2. The summed E-state index contributed by atoms with van der Waals surface area (Å²) in [4.78, 5) is 51.9. The fourth-order valence-corrected chi connectivity index (χ4v) is 0. The molecule has 0 heterocycles. The van der Waals surface area contributed by atoms with Crippen molar-refractivity contribution in [1.29, 1.82) is 0 Å². The van der Waals surface area contributed by atoms with Crippen LogP contribution >= 0.6 is 0 Å². The van der Waals surface area contributed by atoms with Gasteiger partial charge in [-0.05, 0) is 0 Å². The maximum atomic E-state index is 8.78. The summed E-state index contributed by atoms with van der Waals surface area (Å²) in [7, 11) is 0. The second kappa shape index (κ2) is 36.0. The molecule has 0 fully saturated rings. The molecule has 0 aromatic rings. The number of hydrogen-bond donors (Lipinski definition) is 10. The first-order valence-corrected chi connectivity index (χ1v) is 3.87. The van der Waals surface area contributed by atoms with Gasteiger partial charge in [-0.1, -0.05) is 0 Å². The minimum absolute atomic E-state index is 1.33. The van der Waals surface area contributed by atoms with Crippen molar-refractivity contribution in [1.82, 2.24) is 0 Å². The number of carboxylic acid groups (broad SMARTS) is 5. The molecule has 0 atom stereocenters. The van der Waals surface area contributed by atoms with Crippen LogP contribution in [-0.2, 0) is 4.79 Å². The second-order valence-corrected chi connectivity index (χ2v) is 1.69. The molecule has 0 aromatic carbocycles. The number of hydrogen-bond acceptors (Lipinski definition) is 6. The summed E-state index contributed by atoms with van der Waals surface area (Å²) in [6.45, 7) is 2.00. The smallest absolute Gasteiger partial charge is 0.402 e. The van der Waals surface area contributed by atoms with E-state index < -0.39 is 30.5 Å². The predicted octanol–water partition coefficient (Wildman–Crippen LogP) is -2.07. The van der Waals surface area contributed by atoms with Crippen LogP contribution in [0.1, 0.15) is 0 Å². The average Bonchev–Trinajstić information content (AvgIpc) is 2.14. The van der Waals surface area contributed by atoms with Crippen molar-refractivity contribution in [3.8, 4) is 0 Å². The summed E-state index contributed by atoms with van der Waals surface area (Å²) in [5.41, 5.74) is 20.1. The Morgan fingerprint density at radius 2 is 0.455 bits per heavy atom. The number of amides is 5. The van der Waals surface area contributed by atoms with E-state index in [1.165, 1.54) is 0 Å². The van der Waals surface area contributed by atoms with Crippen LogP contribution in [-0.4, -0.2) is 62.8 Å². The number of rotatable bonds is 0. The monoisotopic (exact) mass is 335 g/mol. The van der Waals surface area contributed by atoms with E-state index in [2.05, 4.69) is 28.7 Å². The SMILES string of the molecule is C=O.NC(=O)O.NC(=O)O.NC(=O)O.NC(=O)O.NC(=O)O. The van der Waals surface area contributed by atoms with Crippen LogP contribution in [0.5, 0.6) is 0 Å². The Morgan fingerprint density at radius 3 is 0.455 bits per heavy atom. The molecular formula is C6H17N5O11. The molecule has 0 unspecified atom stereocenters. The Labute approximate surface area is 121 Å². The number of nitrogens with two attached hydrogens (primary N) is 5. The highest BCUT2D eigenvalue weighted by molar-refractivity contribution is 5.62. The predicted molar refractivity (Wildman–Crippen MR) is 68.2 cm³/mol. The summed E-state index contributed by atoms with van der Waals surface area (Å²) in [5, 5.41) is 36.0. The van der Waals surface area contributed by atoms with Crippen molar-refractivity contribution in [2.24, 2.45) is 28.7 Å². The topological polar surface area (TPSA) is 334 Å². The zero-order valence-corrected chi connectivity index (χ0v) is 10.8. The van der Waals surface area contributed by atoms with Gasteiger partial charge in [-0.15, -0.1) is 0 Å². The minimum atomic E-state index is -1.33. The summed E-state index contributed by atoms with van der Waals surface area (Å²) in [6, 6.07) is 0. The molecule has 22 heavy (non-hydrogen) atoms. The summed E-state index contributed by atoms with van der Waals surface area (Å²) in [6.07, 6.45) is -6.67. The molecule has 0 bridgehead atoms. The molecule has 0 radical (unpaired) electrons. The number of carbonyl (C=O) groups excluding carboxylic acids is 1. The van der Waals surface area contributed by atoms with Gasteiger partial charge >= 0.3 is 30.5 Å². The third kappa shape index (κ3) is 228. The molecule has 0 aliphatic carbocycles. The molecule has 16 heteroatoms. The highest BCUT2D eigenvalue weighted by Gasteiger charge is 1.66. The normalized spacial score (nSPS) is 5.64. The summed E-state index contributed by atoms with van der Waals surface area (Å²) >= 11 is 0. The lowest BCUT2D eigenvalue weighted by Gasteiger charge is -1.61. The molecule has 0 saturated carbocycles. The van der Waals surface area contributed by atoms with Gasteiger partial charge in [0.25, 0.3) is 0 Å². The van der Waals surface area contributed by atoms with Crippen LogP contribution in [0.3, 0.4) is 0 Å². The molecule has 15 N–H and O–H groups in total. The van der Waals surface area contributed by atoms with Gasteiger partial charge in [-0.3, -0.25) is 0 Å². The second-order valence-electron chi connectivity index (χ2n) is 1.69. The van der Waals surface area contributed by atoms with Gasteiger partial charge in [0.1, 0.15) is 6.79 Å². The van der Waals surface area contributed by atoms with Crippen molar-refractivity contribution in [2.75, 3.05) is 0 Å². The van der Waals surface area contributed by atoms with Crippen molar-refractivity contribution in [2.45, 2.75) is 0 Å². The van der Waals surface area contributed by atoms with Gasteiger partial charge in [0.15, 0.2) is 0 Å². The highest BCUT2D eigenvalue weighted by atomic mass is 16.4. The molecule has 0 spiro atoms. The third-order valence-electron chi connectivity index (χ3n) is 0. The van der Waals surface area contributed by atoms with E-state index in [-0.39, 0.29) is 0 Å². The Morgan fingerprint density at radius 1 is 0.455 bits per heavy atom. The minimum Gasteiger partial charge on any atom is -0.465 e. The summed E-state index contributed by atoms with van der Waals surface area (Å²) < 4.78 is 0. The third-order valence-corrected chi connectivity index (χ3v) is 0. The van der Waals surface area contributed by atoms with Crippen LogP contribution < -0.4 is 28.7 Å². The first kappa shape index (κ1) is 36.1. The van der Waals surface area contributed by atoms with E-state index in [0.29, 0.717) is 0 Å². The highest BCUT2D eigenvalue weighted by Crippen LogP contribution is 1.36. The first-order chi connectivity index (χ1) is 9.66. The van der Waals surface area contributed by atoms with E-state index in [1.54, 1.807) is 0 Å². The molecule has 0 aromatic heterocycles. The Bertz CT molecular complexity index is 230. The van der Waals surface area contributed by atoms with Crippen LogP contribution in [0.25, 0.3) is 0 Å². The summed E-state index contributed by atoms with van der Waals surface area (Å²) in [5.74, 6) is 0. The molecular weight excluding hydrogens is 318 g/mol. The van der Waals surface area contributed by atoms with Crippen LogP contribution in [0.15, 0.2) is 0 Å². The van der Waals surface area contributed by atoms with Crippen molar-refractivity contribution < 1.29 is 54.3 Å². The quantitative estimate of drug-likeness (QED) is 0.229. The van der Waals surface area contributed by atoms with Crippen LogP contribution in [0, 0.1) is 0 Å². The lowest BCUT2D eigenvalue weighted by atomic mass is 11.3. The van der Waals surface area contributed by atoms with Crippen LogP contribution in [0.4, 0.5) is 24.0 Å². The molecule has 0 rings (SSSR count). The van der Waals surface area contributed by atoms with E-state index >= 15 is 0 Å². The van der Waals surface area contributed by atoms with Gasteiger partial charge in [-0.2, -0.15) is 0 Å². The first-order valence-electron chi connectivity index (χ1n) is 3.87. The lowest BCUT2D eigenvalue weighted by molar-refractivity contribution is -0.0980. The fourth-order valence-electron chi connectivity index (χ4n) is 0. The fraction of sp³-hybridized carbons (Fsp3) is 0. The van der Waals surface area contributed by atoms with Crippen LogP contribution in [0.2, 0.25) is 0 Å². The Kier molecular flexibility index (Phi) is 59.1. The molecule has 5 amide bonds. The van der Waals surface area contributed by atoms with Gasteiger partial charge in [-0.25, -0.2) is 24.0 Å². The van der Waals surface area contributed by atoms with E-state index in [0.717, 1.165) is 0 Å². The maximum absolute atomic E-state index is 8.78. The van der Waals surface area contributed by atoms with Crippen molar-refractivity contribution in [3.05, 3.63) is 0 Å². The van der Waals surface area contributed by atoms with E-state index in [1.807, 2.05) is 6.79 Å². The molecule has 0 saturated heterocycles. The van der Waals surface area contributed by atoms with Crippen molar-refractivity contribution in [3.63, 3.8) is 0 Å².